The molecule has 1 heterocycles. The molecule has 0 N–H and O–H groups in total. The van der Waals surface area contributed by atoms with Gasteiger partial charge in [-0.15, -0.1) is 0 Å². The van der Waals surface area contributed by atoms with Crippen LogP contribution < -0.4 is 0 Å². The summed E-state index contributed by atoms with van der Waals surface area (Å²) < 4.78 is 12.9. The SMILES string of the molecule is Fc1ccc(-c2ccc3ccnc(Cl)c3c2)cc1. The molecule has 0 aliphatic heterocycles. The van der Waals surface area contributed by atoms with E-state index in [-0.39, 0.29) is 5.82 Å². The summed E-state index contributed by atoms with van der Waals surface area (Å²) >= 11 is 6.07. The summed E-state index contributed by atoms with van der Waals surface area (Å²) in [6, 6.07) is 14.3. The van der Waals surface area contributed by atoms with Crippen molar-refractivity contribution in [1.82, 2.24) is 4.98 Å². The minimum atomic E-state index is -0.237. The molecule has 18 heavy (non-hydrogen) atoms. The van der Waals surface area contributed by atoms with Crippen molar-refractivity contribution in [2.75, 3.05) is 0 Å². The van der Waals surface area contributed by atoms with Gasteiger partial charge in [0.2, 0.25) is 0 Å². The summed E-state index contributed by atoms with van der Waals surface area (Å²) in [6.07, 6.45) is 1.68. The largest absolute Gasteiger partial charge is 0.244 e. The molecule has 0 spiro atoms. The maximum Gasteiger partial charge on any atom is 0.136 e. The van der Waals surface area contributed by atoms with Crippen LogP contribution >= 0.6 is 11.6 Å². The molecule has 0 fully saturated rings. The molecule has 0 radical (unpaired) electrons. The highest BCUT2D eigenvalue weighted by atomic mass is 35.5. The van der Waals surface area contributed by atoms with Crippen LogP contribution in [-0.4, -0.2) is 4.98 Å². The fourth-order valence-electron chi connectivity index (χ4n) is 1.95. The zero-order valence-corrected chi connectivity index (χ0v) is 10.2. The maximum absolute atomic E-state index is 12.9. The van der Waals surface area contributed by atoms with Gasteiger partial charge in [-0.05, 0) is 40.8 Å². The van der Waals surface area contributed by atoms with E-state index in [0.29, 0.717) is 5.15 Å². The molecule has 0 saturated carbocycles. The van der Waals surface area contributed by atoms with Crippen LogP contribution in [0.25, 0.3) is 21.9 Å². The Hall–Kier alpha value is -1.93. The number of rotatable bonds is 1. The molecule has 0 atom stereocenters. The van der Waals surface area contributed by atoms with E-state index in [9.17, 15) is 4.39 Å². The number of pyridine rings is 1. The number of halogens is 2. The lowest BCUT2D eigenvalue weighted by atomic mass is 10.0. The Morgan fingerprint density at radius 3 is 2.39 bits per heavy atom. The highest BCUT2D eigenvalue weighted by Crippen LogP contribution is 2.27. The third-order valence-corrected chi connectivity index (χ3v) is 3.20. The maximum atomic E-state index is 12.9. The van der Waals surface area contributed by atoms with Crippen molar-refractivity contribution < 1.29 is 4.39 Å². The Labute approximate surface area is 109 Å². The van der Waals surface area contributed by atoms with E-state index in [1.807, 2.05) is 24.3 Å². The van der Waals surface area contributed by atoms with Crippen molar-refractivity contribution in [3.63, 3.8) is 0 Å². The second-order valence-electron chi connectivity index (χ2n) is 4.04. The topological polar surface area (TPSA) is 12.9 Å². The zero-order valence-electron chi connectivity index (χ0n) is 9.40. The van der Waals surface area contributed by atoms with Gasteiger partial charge in [-0.3, -0.25) is 0 Å². The normalized spacial score (nSPS) is 10.8. The third kappa shape index (κ3) is 1.95. The Balaban J connectivity index is 2.18. The molecule has 2 aromatic carbocycles. The summed E-state index contributed by atoms with van der Waals surface area (Å²) in [5, 5.41) is 2.43. The van der Waals surface area contributed by atoms with Crippen LogP contribution in [0.1, 0.15) is 0 Å². The molecule has 0 amide bonds. The summed E-state index contributed by atoms with van der Waals surface area (Å²) in [7, 11) is 0. The average Bonchev–Trinajstić information content (AvgIpc) is 2.40. The second kappa shape index (κ2) is 4.39. The molecule has 0 bridgehead atoms. The number of hydrogen-bond donors (Lipinski definition) is 0. The van der Waals surface area contributed by atoms with Crippen LogP contribution in [0.15, 0.2) is 54.7 Å². The van der Waals surface area contributed by atoms with Gasteiger partial charge in [0.05, 0.1) is 0 Å². The van der Waals surface area contributed by atoms with Gasteiger partial charge < -0.3 is 0 Å². The van der Waals surface area contributed by atoms with E-state index in [0.717, 1.165) is 21.9 Å². The van der Waals surface area contributed by atoms with Crippen LogP contribution in [-0.2, 0) is 0 Å². The Morgan fingerprint density at radius 2 is 1.61 bits per heavy atom. The van der Waals surface area contributed by atoms with Crippen LogP contribution in [0.4, 0.5) is 4.39 Å². The van der Waals surface area contributed by atoms with Gasteiger partial charge in [-0.2, -0.15) is 0 Å². The van der Waals surface area contributed by atoms with Crippen molar-refractivity contribution in [1.29, 1.82) is 0 Å². The quantitative estimate of drug-likeness (QED) is 0.576. The van der Waals surface area contributed by atoms with Gasteiger partial charge in [0.15, 0.2) is 0 Å². The van der Waals surface area contributed by atoms with E-state index in [1.54, 1.807) is 18.3 Å². The summed E-state index contributed by atoms with van der Waals surface area (Å²) in [5.74, 6) is -0.237. The Kier molecular flexibility index (Phi) is 2.73. The molecule has 88 valence electrons. The molecule has 0 saturated heterocycles. The lowest BCUT2D eigenvalue weighted by Crippen LogP contribution is -1.82. The lowest BCUT2D eigenvalue weighted by Gasteiger charge is -2.05. The summed E-state index contributed by atoms with van der Waals surface area (Å²) in [4.78, 5) is 4.06. The van der Waals surface area contributed by atoms with Crippen molar-refractivity contribution >= 4 is 22.4 Å². The molecule has 3 aromatic rings. The predicted molar refractivity (Wildman–Crippen MR) is 72.1 cm³/mol. The number of benzene rings is 2. The molecule has 0 unspecified atom stereocenters. The first kappa shape index (κ1) is 11.2. The van der Waals surface area contributed by atoms with Crippen LogP contribution in [0.2, 0.25) is 5.15 Å². The van der Waals surface area contributed by atoms with Crippen molar-refractivity contribution in [2.24, 2.45) is 0 Å². The van der Waals surface area contributed by atoms with E-state index in [4.69, 9.17) is 11.6 Å². The fraction of sp³-hybridized carbons (Fsp3) is 0. The number of fused-ring (bicyclic) bond motifs is 1. The van der Waals surface area contributed by atoms with Gasteiger partial charge in [0, 0.05) is 11.6 Å². The van der Waals surface area contributed by atoms with Crippen LogP contribution in [0.5, 0.6) is 0 Å². The molecular formula is C15H9ClFN. The first-order valence-corrected chi connectivity index (χ1v) is 5.92. The van der Waals surface area contributed by atoms with E-state index < -0.39 is 0 Å². The van der Waals surface area contributed by atoms with Crippen molar-refractivity contribution in [3.8, 4) is 11.1 Å². The Morgan fingerprint density at radius 1 is 0.889 bits per heavy atom. The van der Waals surface area contributed by atoms with Crippen LogP contribution in [0.3, 0.4) is 0 Å². The minimum Gasteiger partial charge on any atom is -0.244 e. The van der Waals surface area contributed by atoms with Gasteiger partial charge in [-0.25, -0.2) is 9.37 Å². The number of nitrogens with zero attached hydrogens (tertiary/aromatic N) is 1. The second-order valence-corrected chi connectivity index (χ2v) is 4.40. The van der Waals surface area contributed by atoms with Crippen molar-refractivity contribution in [2.45, 2.75) is 0 Å². The van der Waals surface area contributed by atoms with Gasteiger partial charge >= 0.3 is 0 Å². The third-order valence-electron chi connectivity index (χ3n) is 2.90. The van der Waals surface area contributed by atoms with E-state index >= 15 is 0 Å². The Bertz CT molecular complexity index is 707. The summed E-state index contributed by atoms with van der Waals surface area (Å²) in [5.41, 5.74) is 1.95. The average molecular weight is 258 g/mol. The summed E-state index contributed by atoms with van der Waals surface area (Å²) in [6.45, 7) is 0. The minimum absolute atomic E-state index is 0.237. The number of hydrogen-bond acceptors (Lipinski definition) is 1. The number of aromatic nitrogens is 1. The zero-order chi connectivity index (χ0) is 12.5. The standard InChI is InChI=1S/C15H9ClFN/c16-15-14-9-12(2-1-11(14)7-8-18-15)10-3-5-13(17)6-4-10/h1-9H. The highest BCUT2D eigenvalue weighted by molar-refractivity contribution is 6.34. The van der Waals surface area contributed by atoms with E-state index in [2.05, 4.69) is 4.98 Å². The first-order valence-electron chi connectivity index (χ1n) is 5.54. The van der Waals surface area contributed by atoms with Gasteiger partial charge in [-0.1, -0.05) is 35.9 Å². The smallest absolute Gasteiger partial charge is 0.136 e. The predicted octanol–water partition coefficient (Wildman–Crippen LogP) is 4.69. The molecule has 3 heteroatoms. The van der Waals surface area contributed by atoms with E-state index in [1.165, 1.54) is 12.1 Å². The first-order chi connectivity index (χ1) is 8.74. The van der Waals surface area contributed by atoms with Gasteiger partial charge in [0.25, 0.3) is 0 Å². The lowest BCUT2D eigenvalue weighted by molar-refractivity contribution is 0.628. The molecule has 0 aliphatic rings. The molecule has 0 aliphatic carbocycles. The van der Waals surface area contributed by atoms with Crippen molar-refractivity contribution in [3.05, 3.63) is 65.7 Å². The van der Waals surface area contributed by atoms with Crippen LogP contribution in [0, 0.1) is 5.82 Å². The molecule has 1 nitrogen and oxygen atoms in total. The fourth-order valence-corrected chi connectivity index (χ4v) is 2.17. The highest BCUT2D eigenvalue weighted by Gasteiger charge is 2.03. The van der Waals surface area contributed by atoms with Gasteiger partial charge in [0.1, 0.15) is 11.0 Å². The molecule has 1 aromatic heterocycles. The molecule has 3 rings (SSSR count). The molecular weight excluding hydrogens is 249 g/mol. The monoisotopic (exact) mass is 257 g/mol.